The normalized spacial score (nSPS) is 23.1. The summed E-state index contributed by atoms with van der Waals surface area (Å²) in [5, 5.41) is 10.5. The third-order valence-corrected chi connectivity index (χ3v) is 8.84. The molecule has 1 saturated carbocycles. The molecule has 0 unspecified atom stereocenters. The standard InChI is InChI=1S/C33H37ClO4/c1-20-29(31(35)36)33(20)15-7-9-22-12-13-25(18-28(22)33)38-19-21-11-14-26(23-8-6-10-24(34)17-23)27(16-21)30(37-5)32(2,3)4/h6,8,10-14,16-18,20,29-30H,7,9,15,19H2,1-5H3,(H,35,36)/t20-,29-,30-,33-/m0/s1. The summed E-state index contributed by atoms with van der Waals surface area (Å²) in [6, 6.07) is 20.6. The van der Waals surface area contributed by atoms with Crippen molar-refractivity contribution in [3.05, 3.63) is 87.9 Å². The van der Waals surface area contributed by atoms with E-state index < -0.39 is 5.97 Å². The summed E-state index contributed by atoms with van der Waals surface area (Å²) in [6.07, 6.45) is 2.85. The number of rotatable bonds is 7. The number of carboxylic acid groups (broad SMARTS) is 1. The van der Waals surface area contributed by atoms with Crippen LogP contribution in [0.5, 0.6) is 5.75 Å². The van der Waals surface area contributed by atoms with Crippen molar-refractivity contribution in [2.45, 2.75) is 65.1 Å². The molecule has 3 aromatic carbocycles. The molecule has 38 heavy (non-hydrogen) atoms. The number of hydrogen-bond acceptors (Lipinski definition) is 3. The number of halogens is 1. The number of aliphatic carboxylic acids is 1. The lowest BCUT2D eigenvalue weighted by Crippen LogP contribution is -2.22. The maximum atomic E-state index is 11.9. The van der Waals surface area contributed by atoms with Gasteiger partial charge in [0, 0.05) is 17.5 Å². The largest absolute Gasteiger partial charge is 0.489 e. The van der Waals surface area contributed by atoms with Gasteiger partial charge in [0.15, 0.2) is 0 Å². The van der Waals surface area contributed by atoms with Crippen LogP contribution in [0.2, 0.25) is 5.02 Å². The van der Waals surface area contributed by atoms with Gasteiger partial charge in [0.2, 0.25) is 0 Å². The summed E-state index contributed by atoms with van der Waals surface area (Å²) in [5.41, 5.74) is 6.37. The molecular formula is C33H37ClO4. The molecule has 3 aromatic rings. The van der Waals surface area contributed by atoms with Crippen LogP contribution >= 0.6 is 11.6 Å². The van der Waals surface area contributed by atoms with E-state index in [1.165, 1.54) is 11.1 Å². The zero-order valence-corrected chi connectivity index (χ0v) is 23.6. The monoisotopic (exact) mass is 532 g/mol. The Balaban J connectivity index is 1.45. The average molecular weight is 533 g/mol. The Hall–Kier alpha value is -2.82. The molecular weight excluding hydrogens is 496 g/mol. The lowest BCUT2D eigenvalue weighted by Gasteiger charge is -2.32. The highest BCUT2D eigenvalue weighted by Crippen LogP contribution is 2.65. The van der Waals surface area contributed by atoms with E-state index in [4.69, 9.17) is 21.1 Å². The fourth-order valence-electron chi connectivity index (χ4n) is 6.81. The second-order valence-electron chi connectivity index (χ2n) is 12.0. The van der Waals surface area contributed by atoms with Crippen LogP contribution in [0.15, 0.2) is 60.7 Å². The highest BCUT2D eigenvalue weighted by molar-refractivity contribution is 6.30. The average Bonchev–Trinajstić information content (AvgIpc) is 3.46. The van der Waals surface area contributed by atoms with E-state index in [2.05, 4.69) is 64.1 Å². The first kappa shape index (κ1) is 26.8. The number of hydrogen-bond donors (Lipinski definition) is 1. The Bertz CT molecular complexity index is 1360. The minimum atomic E-state index is -0.685. The number of methoxy groups -OCH3 is 1. The van der Waals surface area contributed by atoms with Gasteiger partial charge in [-0.15, -0.1) is 0 Å². The first-order valence-electron chi connectivity index (χ1n) is 13.5. The molecule has 5 rings (SSSR count). The predicted molar refractivity (Wildman–Crippen MR) is 152 cm³/mol. The molecule has 0 radical (unpaired) electrons. The van der Waals surface area contributed by atoms with E-state index in [0.717, 1.165) is 47.3 Å². The minimum Gasteiger partial charge on any atom is -0.489 e. The van der Waals surface area contributed by atoms with Crippen molar-refractivity contribution in [2.24, 2.45) is 17.3 Å². The topological polar surface area (TPSA) is 55.8 Å². The molecule has 0 saturated heterocycles. The first-order chi connectivity index (χ1) is 18.1. The highest BCUT2D eigenvalue weighted by Gasteiger charge is 2.67. The smallest absolute Gasteiger partial charge is 0.307 e. The molecule has 0 heterocycles. The van der Waals surface area contributed by atoms with E-state index in [1.807, 2.05) is 24.3 Å². The molecule has 4 nitrogen and oxygen atoms in total. The highest BCUT2D eigenvalue weighted by atomic mass is 35.5. The van der Waals surface area contributed by atoms with Crippen molar-refractivity contribution in [3.8, 4) is 16.9 Å². The van der Waals surface area contributed by atoms with Crippen LogP contribution in [-0.2, 0) is 28.0 Å². The molecule has 200 valence electrons. The molecule has 0 amide bonds. The van der Waals surface area contributed by atoms with Crippen LogP contribution in [0.1, 0.15) is 68.9 Å². The van der Waals surface area contributed by atoms with Crippen LogP contribution in [0.3, 0.4) is 0 Å². The molecule has 0 aliphatic heterocycles. The van der Waals surface area contributed by atoms with Crippen molar-refractivity contribution in [1.82, 2.24) is 0 Å². The lowest BCUT2D eigenvalue weighted by atomic mass is 9.77. The predicted octanol–water partition coefficient (Wildman–Crippen LogP) is 8.24. The zero-order valence-electron chi connectivity index (χ0n) is 22.9. The summed E-state index contributed by atoms with van der Waals surface area (Å²) < 4.78 is 12.3. The van der Waals surface area contributed by atoms with Crippen molar-refractivity contribution in [2.75, 3.05) is 7.11 Å². The van der Waals surface area contributed by atoms with Gasteiger partial charge in [-0.3, -0.25) is 4.79 Å². The molecule has 4 atom stereocenters. The molecule has 0 aromatic heterocycles. The maximum absolute atomic E-state index is 11.9. The van der Waals surface area contributed by atoms with Crippen molar-refractivity contribution < 1.29 is 19.4 Å². The second kappa shape index (κ2) is 10.1. The Kier molecular flexibility index (Phi) is 7.08. The van der Waals surface area contributed by atoms with Gasteiger partial charge in [-0.05, 0) is 94.3 Å². The Morgan fingerprint density at radius 1 is 1.13 bits per heavy atom. The summed E-state index contributed by atoms with van der Waals surface area (Å²) in [5.74, 6) is -0.0515. The lowest BCUT2D eigenvalue weighted by molar-refractivity contribution is -0.139. The second-order valence-corrected chi connectivity index (χ2v) is 12.5. The van der Waals surface area contributed by atoms with Gasteiger partial charge in [0.25, 0.3) is 0 Å². The van der Waals surface area contributed by atoms with Crippen LogP contribution in [0, 0.1) is 17.3 Å². The van der Waals surface area contributed by atoms with Gasteiger partial charge >= 0.3 is 5.97 Å². The van der Waals surface area contributed by atoms with Gasteiger partial charge in [-0.2, -0.15) is 0 Å². The van der Waals surface area contributed by atoms with E-state index in [1.54, 1.807) is 7.11 Å². The van der Waals surface area contributed by atoms with E-state index in [0.29, 0.717) is 11.6 Å². The molecule has 1 N–H and O–H groups in total. The number of carbonyl (C=O) groups is 1. The molecule has 1 fully saturated rings. The fourth-order valence-corrected chi connectivity index (χ4v) is 7.00. The Morgan fingerprint density at radius 2 is 1.92 bits per heavy atom. The van der Waals surface area contributed by atoms with Crippen molar-refractivity contribution in [3.63, 3.8) is 0 Å². The Morgan fingerprint density at radius 3 is 2.58 bits per heavy atom. The third kappa shape index (κ3) is 4.74. The molecule has 2 aliphatic carbocycles. The van der Waals surface area contributed by atoms with Gasteiger partial charge < -0.3 is 14.6 Å². The quantitative estimate of drug-likeness (QED) is 0.333. The van der Waals surface area contributed by atoms with Gasteiger partial charge in [0.05, 0.1) is 12.0 Å². The maximum Gasteiger partial charge on any atom is 0.307 e. The summed E-state index contributed by atoms with van der Waals surface area (Å²) in [4.78, 5) is 11.9. The number of fused-ring (bicyclic) bond motifs is 2. The van der Waals surface area contributed by atoms with E-state index >= 15 is 0 Å². The summed E-state index contributed by atoms with van der Waals surface area (Å²) in [7, 11) is 1.76. The third-order valence-electron chi connectivity index (χ3n) is 8.61. The Labute approximate surface area is 230 Å². The minimum absolute atomic E-state index is 0.115. The zero-order chi connectivity index (χ0) is 27.2. The number of ether oxygens (including phenoxy) is 2. The molecule has 2 aliphatic rings. The van der Waals surface area contributed by atoms with Crippen LogP contribution in [-0.4, -0.2) is 18.2 Å². The van der Waals surface area contributed by atoms with E-state index in [-0.39, 0.29) is 28.8 Å². The van der Waals surface area contributed by atoms with Crippen LogP contribution < -0.4 is 4.74 Å². The van der Waals surface area contributed by atoms with Crippen LogP contribution in [0.4, 0.5) is 0 Å². The summed E-state index contributed by atoms with van der Waals surface area (Å²) >= 11 is 6.33. The molecule has 5 heteroatoms. The number of carboxylic acids is 1. The first-order valence-corrected chi connectivity index (χ1v) is 13.8. The molecule has 0 bridgehead atoms. The van der Waals surface area contributed by atoms with Crippen molar-refractivity contribution >= 4 is 17.6 Å². The number of benzene rings is 3. The SMILES string of the molecule is CO[C@@H](c1cc(COc2ccc3c(c2)[C@@]2(CCC3)[C@H](C(=O)O)[C@@H]2C)ccc1-c1cccc(Cl)c1)C(C)(C)C. The van der Waals surface area contributed by atoms with Crippen molar-refractivity contribution in [1.29, 1.82) is 0 Å². The molecule has 1 spiro atoms. The summed E-state index contributed by atoms with van der Waals surface area (Å²) in [6.45, 7) is 9.02. The fraction of sp³-hybridized carbons (Fsp3) is 0.424. The van der Waals surface area contributed by atoms with E-state index in [9.17, 15) is 9.90 Å². The van der Waals surface area contributed by atoms with Gasteiger partial charge in [0.1, 0.15) is 12.4 Å². The van der Waals surface area contributed by atoms with Gasteiger partial charge in [-0.25, -0.2) is 0 Å². The van der Waals surface area contributed by atoms with Gasteiger partial charge in [-0.1, -0.05) is 69.6 Å². The number of aryl methyl sites for hydroxylation is 1. The van der Waals surface area contributed by atoms with Crippen LogP contribution in [0.25, 0.3) is 11.1 Å².